The summed E-state index contributed by atoms with van der Waals surface area (Å²) < 4.78 is 28.2. The van der Waals surface area contributed by atoms with Crippen LogP contribution in [-0.4, -0.2) is 89.2 Å². The summed E-state index contributed by atoms with van der Waals surface area (Å²) in [5.74, 6) is -3.25. The Morgan fingerprint density at radius 2 is 0.913 bits per heavy atom. The summed E-state index contributed by atoms with van der Waals surface area (Å²) in [6.07, 6.45) is 45.6. The van der Waals surface area contributed by atoms with Crippen LogP contribution in [0.3, 0.4) is 0 Å². The van der Waals surface area contributed by atoms with Gasteiger partial charge in [-0.25, -0.2) is 4.79 Å². The van der Waals surface area contributed by atoms with E-state index in [9.17, 15) is 34.5 Å². The van der Waals surface area contributed by atoms with E-state index in [2.05, 4.69) is 118 Å². The number of ether oxygens (including phenoxy) is 5. The Morgan fingerprint density at radius 1 is 0.493 bits per heavy atom. The number of carbonyl (C=O) groups excluding carboxylic acids is 3. The Hall–Kier alpha value is -4.36. The molecule has 1 fully saturated rings. The molecule has 0 spiro atoms. The summed E-state index contributed by atoms with van der Waals surface area (Å²) in [5.41, 5.74) is 0. The molecule has 1 heterocycles. The number of carboxylic acids is 1. The van der Waals surface area contributed by atoms with Crippen LogP contribution in [0, 0.1) is 0 Å². The second-order valence-electron chi connectivity index (χ2n) is 17.4. The molecule has 1 saturated heterocycles. The van der Waals surface area contributed by atoms with Crippen molar-refractivity contribution in [3.63, 3.8) is 0 Å². The minimum absolute atomic E-state index is 0.0478. The van der Waals surface area contributed by atoms with Gasteiger partial charge in [-0.1, -0.05) is 169 Å². The lowest BCUT2D eigenvalue weighted by Gasteiger charge is -2.40. The van der Waals surface area contributed by atoms with Gasteiger partial charge in [0.2, 0.25) is 0 Å². The first kappa shape index (κ1) is 62.7. The van der Waals surface area contributed by atoms with Crippen LogP contribution in [0.2, 0.25) is 0 Å². The van der Waals surface area contributed by atoms with Gasteiger partial charge in [0.1, 0.15) is 18.8 Å². The van der Waals surface area contributed by atoms with Gasteiger partial charge in [0, 0.05) is 19.3 Å². The molecule has 0 aromatic carbocycles. The lowest BCUT2D eigenvalue weighted by molar-refractivity contribution is -0.301. The first-order valence-corrected chi connectivity index (χ1v) is 26.2. The molecule has 0 radical (unpaired) electrons. The summed E-state index contributed by atoms with van der Waals surface area (Å²) in [4.78, 5) is 50.8. The maximum absolute atomic E-state index is 13.1. The van der Waals surface area contributed by atoms with Crippen molar-refractivity contribution in [2.45, 2.75) is 225 Å². The van der Waals surface area contributed by atoms with E-state index < -0.39 is 67.3 Å². The van der Waals surface area contributed by atoms with Gasteiger partial charge < -0.3 is 39.0 Å². The highest BCUT2D eigenvalue weighted by atomic mass is 16.7. The number of aliphatic hydroxyl groups excluding tert-OH is 2. The Kier molecular flexibility index (Phi) is 40.7. The molecule has 390 valence electrons. The van der Waals surface area contributed by atoms with Gasteiger partial charge in [-0.3, -0.25) is 14.4 Å². The molecule has 0 amide bonds. The molecule has 12 heteroatoms. The van der Waals surface area contributed by atoms with Crippen molar-refractivity contribution >= 4 is 23.9 Å². The molecule has 1 rings (SSSR count). The first-order valence-electron chi connectivity index (χ1n) is 26.2. The first-order chi connectivity index (χ1) is 33.6. The fourth-order valence-corrected chi connectivity index (χ4v) is 7.17. The number of rotatable bonds is 42. The van der Waals surface area contributed by atoms with Crippen molar-refractivity contribution in [2.75, 3.05) is 13.2 Å². The second kappa shape index (κ2) is 44.8. The van der Waals surface area contributed by atoms with Gasteiger partial charge in [-0.05, 0) is 96.3 Å². The van der Waals surface area contributed by atoms with E-state index in [1.807, 2.05) is 0 Å². The molecule has 1 aliphatic heterocycles. The summed E-state index contributed by atoms with van der Waals surface area (Å²) in [5, 5.41) is 31.3. The van der Waals surface area contributed by atoms with Crippen molar-refractivity contribution in [3.05, 3.63) is 97.2 Å². The predicted octanol–water partition coefficient (Wildman–Crippen LogP) is 12.6. The van der Waals surface area contributed by atoms with Gasteiger partial charge in [-0.15, -0.1) is 0 Å². The topological polar surface area (TPSA) is 175 Å². The fraction of sp³-hybridized carbons (Fsp3) is 0.649. The molecule has 3 N–H and O–H groups in total. The molecule has 12 nitrogen and oxygen atoms in total. The Morgan fingerprint density at radius 3 is 1.39 bits per heavy atom. The molecular formula is C57H90O12. The summed E-state index contributed by atoms with van der Waals surface area (Å²) in [6, 6.07) is 0. The lowest BCUT2D eigenvalue weighted by Crippen LogP contribution is -2.61. The summed E-state index contributed by atoms with van der Waals surface area (Å²) >= 11 is 0. The average molecular weight is 967 g/mol. The van der Waals surface area contributed by atoms with Gasteiger partial charge in [-0.2, -0.15) is 0 Å². The second-order valence-corrected chi connectivity index (χ2v) is 17.4. The van der Waals surface area contributed by atoms with Gasteiger partial charge >= 0.3 is 23.9 Å². The molecule has 69 heavy (non-hydrogen) atoms. The number of carbonyl (C=O) groups is 4. The highest BCUT2D eigenvalue weighted by Gasteiger charge is 2.50. The number of unbranched alkanes of at least 4 members (excludes halogenated alkanes) is 12. The summed E-state index contributed by atoms with van der Waals surface area (Å²) in [6.45, 7) is 5.62. The molecule has 0 bridgehead atoms. The fourth-order valence-electron chi connectivity index (χ4n) is 7.17. The molecule has 6 unspecified atom stereocenters. The monoisotopic (exact) mass is 967 g/mol. The molecular weight excluding hydrogens is 877 g/mol. The van der Waals surface area contributed by atoms with E-state index in [4.69, 9.17) is 23.7 Å². The van der Waals surface area contributed by atoms with Crippen molar-refractivity contribution in [2.24, 2.45) is 0 Å². The number of hydrogen-bond donors (Lipinski definition) is 3. The van der Waals surface area contributed by atoms with E-state index in [0.717, 1.165) is 103 Å². The third kappa shape index (κ3) is 35.4. The van der Waals surface area contributed by atoms with E-state index in [0.29, 0.717) is 19.3 Å². The van der Waals surface area contributed by atoms with Crippen LogP contribution in [0.15, 0.2) is 97.2 Å². The van der Waals surface area contributed by atoms with Crippen molar-refractivity contribution < 1.29 is 58.2 Å². The van der Waals surface area contributed by atoms with Crippen LogP contribution in [0.5, 0.6) is 0 Å². The Bertz CT molecular complexity index is 1570. The average Bonchev–Trinajstić information content (AvgIpc) is 3.33. The highest BCUT2D eigenvalue weighted by Crippen LogP contribution is 2.26. The number of hydrogen-bond acceptors (Lipinski definition) is 11. The zero-order valence-corrected chi connectivity index (χ0v) is 42.5. The van der Waals surface area contributed by atoms with Crippen molar-refractivity contribution in [1.29, 1.82) is 0 Å². The SMILES string of the molecule is CC/C=C\C/C=C\C/C=C\C/C=C\CCCCC(=O)OCC(COC1OC(C(=O)O)C(O)C(O)C1OC(=O)CCCCCCCCCCC)OC(=O)CCCC/C=C\C/C=C\C/C=C\C/C=C\CC. The molecule has 6 atom stereocenters. The normalized spacial score (nSPS) is 19.5. The largest absolute Gasteiger partial charge is 0.479 e. The predicted molar refractivity (Wildman–Crippen MR) is 275 cm³/mol. The van der Waals surface area contributed by atoms with Crippen LogP contribution >= 0.6 is 0 Å². The number of carboxylic acid groups (broad SMARTS) is 1. The summed E-state index contributed by atoms with van der Waals surface area (Å²) in [7, 11) is 0. The molecule has 0 aliphatic carbocycles. The molecule has 0 aromatic heterocycles. The van der Waals surface area contributed by atoms with E-state index in [1.165, 1.54) is 25.7 Å². The highest BCUT2D eigenvalue weighted by molar-refractivity contribution is 5.74. The van der Waals surface area contributed by atoms with Crippen LogP contribution in [0.25, 0.3) is 0 Å². The van der Waals surface area contributed by atoms with Gasteiger partial charge in [0.15, 0.2) is 24.6 Å². The lowest BCUT2D eigenvalue weighted by atomic mass is 9.98. The van der Waals surface area contributed by atoms with Crippen LogP contribution in [0.1, 0.15) is 188 Å². The van der Waals surface area contributed by atoms with Crippen LogP contribution in [-0.2, 0) is 42.9 Å². The number of allylic oxidation sites excluding steroid dienone is 16. The zero-order valence-electron chi connectivity index (χ0n) is 42.5. The van der Waals surface area contributed by atoms with Gasteiger partial charge in [0.25, 0.3) is 0 Å². The Labute approximate surface area is 415 Å². The van der Waals surface area contributed by atoms with Crippen molar-refractivity contribution in [3.8, 4) is 0 Å². The quantitative estimate of drug-likeness (QED) is 0.0229. The standard InChI is InChI=1S/C57H90O12/c1-4-7-10-13-16-19-21-23-25-27-29-32-34-37-40-43-49(58)65-46-48(67-50(59)44-41-38-36-33-30-28-26-24-22-20-17-14-11-8-5-2)47-66-57-55(53(62)52(61)54(69-57)56(63)64)68-51(60)45-42-39-35-31-18-15-12-9-6-3/h7-8,10-11,16-17,19-20,23-26,29-30,32-33,48,52-55,57,61-62H,4-6,9,12-15,18,21-22,27-28,31,34-47H2,1-3H3,(H,63,64)/b10-7-,11-8-,19-16-,20-17-,25-23-,26-24-,32-29-,33-30-. The van der Waals surface area contributed by atoms with E-state index in [-0.39, 0.29) is 25.9 Å². The van der Waals surface area contributed by atoms with Crippen LogP contribution < -0.4 is 0 Å². The van der Waals surface area contributed by atoms with E-state index >= 15 is 0 Å². The smallest absolute Gasteiger partial charge is 0.335 e. The Balaban J connectivity index is 2.79. The zero-order chi connectivity index (χ0) is 50.4. The molecule has 1 aliphatic rings. The third-order valence-corrected chi connectivity index (χ3v) is 11.2. The van der Waals surface area contributed by atoms with Gasteiger partial charge in [0.05, 0.1) is 6.61 Å². The molecule has 0 saturated carbocycles. The maximum Gasteiger partial charge on any atom is 0.335 e. The molecule has 0 aromatic rings. The number of aliphatic hydroxyl groups is 2. The number of esters is 3. The minimum atomic E-state index is -1.91. The van der Waals surface area contributed by atoms with E-state index in [1.54, 1.807) is 0 Å². The number of aliphatic carboxylic acids is 1. The maximum atomic E-state index is 13.1. The minimum Gasteiger partial charge on any atom is -0.479 e. The third-order valence-electron chi connectivity index (χ3n) is 11.2. The van der Waals surface area contributed by atoms with Crippen LogP contribution in [0.4, 0.5) is 0 Å². The van der Waals surface area contributed by atoms with Crippen molar-refractivity contribution in [1.82, 2.24) is 0 Å².